The monoisotopic (exact) mass is 271 g/mol. The maximum absolute atomic E-state index is 3.84. The van der Waals surface area contributed by atoms with E-state index in [-0.39, 0.29) is 0 Å². The molecule has 0 aromatic heterocycles. The summed E-state index contributed by atoms with van der Waals surface area (Å²) in [5.41, 5.74) is 0.463. The van der Waals surface area contributed by atoms with Crippen LogP contribution < -0.4 is 5.32 Å². The molecule has 1 N–H and O–H groups in total. The Kier molecular flexibility index (Phi) is 4.98. The molecule has 2 unspecified atom stereocenters. The fourth-order valence-corrected chi connectivity index (χ4v) is 4.51. The lowest BCUT2D eigenvalue weighted by atomic mass is 9.82. The summed E-state index contributed by atoms with van der Waals surface area (Å²) in [6.07, 6.45) is 1.34. The molecule has 2 aliphatic rings. The summed E-state index contributed by atoms with van der Waals surface area (Å²) in [5, 5.41) is 3.84. The van der Waals surface area contributed by atoms with Crippen molar-refractivity contribution >= 4 is 11.8 Å². The summed E-state index contributed by atoms with van der Waals surface area (Å²) in [4.78, 5) is 4.96. The molecule has 18 heavy (non-hydrogen) atoms. The molecule has 106 valence electrons. The van der Waals surface area contributed by atoms with Gasteiger partial charge in [-0.15, -0.1) is 0 Å². The van der Waals surface area contributed by atoms with Crippen LogP contribution >= 0.6 is 11.8 Å². The predicted molar refractivity (Wildman–Crippen MR) is 81.4 cm³/mol. The summed E-state index contributed by atoms with van der Waals surface area (Å²) in [7, 11) is 4.50. The van der Waals surface area contributed by atoms with Crippen molar-refractivity contribution in [2.24, 2.45) is 5.41 Å². The van der Waals surface area contributed by atoms with Gasteiger partial charge in [0, 0.05) is 44.0 Å². The summed E-state index contributed by atoms with van der Waals surface area (Å²) in [5.74, 6) is 2.61. The second-order valence-corrected chi connectivity index (χ2v) is 7.82. The van der Waals surface area contributed by atoms with E-state index < -0.39 is 0 Å². The van der Waals surface area contributed by atoms with Crippen molar-refractivity contribution in [2.45, 2.75) is 32.4 Å². The second kappa shape index (κ2) is 6.12. The normalized spacial score (nSPS) is 34.7. The summed E-state index contributed by atoms with van der Waals surface area (Å²) >= 11 is 2.11. The van der Waals surface area contributed by atoms with Gasteiger partial charge in [0.1, 0.15) is 0 Å². The molecule has 0 saturated carbocycles. The molecule has 0 spiro atoms. The lowest BCUT2D eigenvalue weighted by Gasteiger charge is -2.42. The molecule has 0 amide bonds. The Morgan fingerprint density at radius 1 is 1.28 bits per heavy atom. The van der Waals surface area contributed by atoms with E-state index in [4.69, 9.17) is 0 Å². The van der Waals surface area contributed by atoms with Crippen molar-refractivity contribution in [1.82, 2.24) is 15.1 Å². The molecule has 3 nitrogen and oxygen atoms in total. The summed E-state index contributed by atoms with van der Waals surface area (Å²) < 4.78 is 0. The zero-order valence-corrected chi connectivity index (χ0v) is 13.2. The summed E-state index contributed by atoms with van der Waals surface area (Å²) in [6, 6.07) is 1.35. The van der Waals surface area contributed by atoms with Crippen molar-refractivity contribution < 1.29 is 0 Å². The zero-order valence-electron chi connectivity index (χ0n) is 12.4. The first-order valence-corrected chi connectivity index (χ1v) is 8.34. The quantitative estimate of drug-likeness (QED) is 0.835. The molecule has 0 aromatic carbocycles. The van der Waals surface area contributed by atoms with Gasteiger partial charge in [-0.2, -0.15) is 11.8 Å². The van der Waals surface area contributed by atoms with Crippen LogP contribution in [0, 0.1) is 5.41 Å². The van der Waals surface area contributed by atoms with Gasteiger partial charge in [0.15, 0.2) is 0 Å². The maximum Gasteiger partial charge on any atom is 0.0345 e. The lowest BCUT2D eigenvalue weighted by molar-refractivity contribution is 0.106. The van der Waals surface area contributed by atoms with E-state index in [1.807, 2.05) is 0 Å². The van der Waals surface area contributed by atoms with Gasteiger partial charge in [-0.1, -0.05) is 13.8 Å². The van der Waals surface area contributed by atoms with Crippen molar-refractivity contribution in [3.63, 3.8) is 0 Å². The number of rotatable bonds is 3. The summed E-state index contributed by atoms with van der Waals surface area (Å²) in [6.45, 7) is 9.57. The van der Waals surface area contributed by atoms with Crippen LogP contribution in [0.1, 0.15) is 20.3 Å². The standard InChI is InChI=1S/C14H29N3S/c1-14(2)5-8-18-11-13(14)15-9-12-10-16(3)6-7-17(12)4/h12-13,15H,5-11H2,1-4H3. The number of nitrogens with zero attached hydrogens (tertiary/aromatic N) is 2. The van der Waals surface area contributed by atoms with Crippen LogP contribution in [-0.2, 0) is 0 Å². The number of likely N-dealkylation sites (N-methyl/N-ethyl adjacent to an activating group) is 2. The highest BCUT2D eigenvalue weighted by atomic mass is 32.2. The Morgan fingerprint density at radius 2 is 2.06 bits per heavy atom. The zero-order chi connectivity index (χ0) is 13.2. The van der Waals surface area contributed by atoms with Crippen LogP contribution in [0.25, 0.3) is 0 Å². The van der Waals surface area contributed by atoms with E-state index in [0.29, 0.717) is 17.5 Å². The number of hydrogen-bond acceptors (Lipinski definition) is 4. The third-order valence-corrected chi connectivity index (χ3v) is 5.76. The molecule has 2 aliphatic heterocycles. The van der Waals surface area contributed by atoms with Crippen molar-refractivity contribution in [3.8, 4) is 0 Å². The molecule has 2 fully saturated rings. The van der Waals surface area contributed by atoms with Crippen LogP contribution in [0.15, 0.2) is 0 Å². The minimum atomic E-state index is 0.463. The highest BCUT2D eigenvalue weighted by molar-refractivity contribution is 7.99. The molecule has 2 heterocycles. The van der Waals surface area contributed by atoms with E-state index in [9.17, 15) is 0 Å². The van der Waals surface area contributed by atoms with E-state index in [2.05, 4.69) is 54.8 Å². The predicted octanol–water partition coefficient (Wildman–Crippen LogP) is 1.35. The first-order valence-electron chi connectivity index (χ1n) is 7.19. The van der Waals surface area contributed by atoms with Crippen molar-refractivity contribution in [1.29, 1.82) is 0 Å². The van der Waals surface area contributed by atoms with Crippen LogP contribution in [0.2, 0.25) is 0 Å². The highest BCUT2D eigenvalue weighted by Gasteiger charge is 2.33. The molecule has 2 rings (SSSR count). The minimum Gasteiger partial charge on any atom is -0.311 e. The van der Waals surface area contributed by atoms with Gasteiger partial charge in [-0.05, 0) is 31.7 Å². The smallest absolute Gasteiger partial charge is 0.0345 e. The van der Waals surface area contributed by atoms with Crippen LogP contribution in [-0.4, -0.2) is 73.7 Å². The lowest BCUT2D eigenvalue weighted by Crippen LogP contribution is -2.57. The number of nitrogens with one attached hydrogen (secondary N) is 1. The fourth-order valence-electron chi connectivity index (χ4n) is 2.87. The Bertz CT molecular complexity index is 270. The Hall–Kier alpha value is 0.230. The number of hydrogen-bond donors (Lipinski definition) is 1. The molecule has 0 aromatic rings. The van der Waals surface area contributed by atoms with Gasteiger partial charge in [0.2, 0.25) is 0 Å². The first-order chi connectivity index (χ1) is 8.49. The largest absolute Gasteiger partial charge is 0.311 e. The molecule has 4 heteroatoms. The molecular weight excluding hydrogens is 242 g/mol. The molecular formula is C14H29N3S. The highest BCUT2D eigenvalue weighted by Crippen LogP contribution is 2.34. The van der Waals surface area contributed by atoms with Gasteiger partial charge in [-0.25, -0.2) is 0 Å². The van der Waals surface area contributed by atoms with Crippen LogP contribution in [0.3, 0.4) is 0 Å². The average Bonchev–Trinajstić information content (AvgIpc) is 2.31. The fraction of sp³-hybridized carbons (Fsp3) is 1.00. The van der Waals surface area contributed by atoms with Crippen molar-refractivity contribution in [2.75, 3.05) is 51.8 Å². The molecule has 2 atom stereocenters. The van der Waals surface area contributed by atoms with Crippen LogP contribution in [0.4, 0.5) is 0 Å². The topological polar surface area (TPSA) is 18.5 Å². The average molecular weight is 271 g/mol. The molecule has 0 aliphatic carbocycles. The second-order valence-electron chi connectivity index (χ2n) is 6.67. The molecule has 2 saturated heterocycles. The third-order valence-electron chi connectivity index (χ3n) is 4.70. The Balaban J connectivity index is 1.82. The van der Waals surface area contributed by atoms with Crippen molar-refractivity contribution in [3.05, 3.63) is 0 Å². The van der Waals surface area contributed by atoms with E-state index in [1.54, 1.807) is 0 Å². The third kappa shape index (κ3) is 3.62. The Morgan fingerprint density at radius 3 is 2.78 bits per heavy atom. The molecule has 0 bridgehead atoms. The minimum absolute atomic E-state index is 0.463. The SMILES string of the molecule is CN1CCN(C)C(CNC2CSCCC2(C)C)C1. The van der Waals surface area contributed by atoms with E-state index in [0.717, 1.165) is 6.54 Å². The van der Waals surface area contributed by atoms with Gasteiger partial charge >= 0.3 is 0 Å². The van der Waals surface area contributed by atoms with Gasteiger partial charge in [0.05, 0.1) is 0 Å². The van der Waals surface area contributed by atoms with Gasteiger partial charge in [0.25, 0.3) is 0 Å². The number of piperazine rings is 1. The maximum atomic E-state index is 3.84. The molecule has 0 radical (unpaired) electrons. The van der Waals surface area contributed by atoms with E-state index in [1.165, 1.54) is 37.6 Å². The number of thioether (sulfide) groups is 1. The first kappa shape index (κ1) is 14.6. The Labute approximate surface area is 117 Å². The van der Waals surface area contributed by atoms with Crippen LogP contribution in [0.5, 0.6) is 0 Å². The van der Waals surface area contributed by atoms with Gasteiger partial charge in [-0.3, -0.25) is 4.90 Å². The van der Waals surface area contributed by atoms with E-state index >= 15 is 0 Å². The van der Waals surface area contributed by atoms with Gasteiger partial charge < -0.3 is 10.2 Å².